The van der Waals surface area contributed by atoms with E-state index >= 15 is 0 Å². The van der Waals surface area contributed by atoms with Gasteiger partial charge in [0, 0.05) is 26.3 Å². The highest BCUT2D eigenvalue weighted by Crippen LogP contribution is 2.26. The molecule has 3 rings (SSSR count). The Bertz CT molecular complexity index is 570. The molecule has 2 aromatic carbocycles. The minimum Gasteiger partial charge on any atom is -0.378 e. The Morgan fingerprint density at radius 1 is 0.895 bits per heavy atom. The highest BCUT2D eigenvalue weighted by atomic mass is 15.1. The molecular formula is C17H20N2. The molecule has 1 heterocycles. The van der Waals surface area contributed by atoms with Crippen LogP contribution in [0.15, 0.2) is 42.5 Å². The molecule has 0 saturated carbocycles. The van der Waals surface area contributed by atoms with Gasteiger partial charge in [0.15, 0.2) is 0 Å². The van der Waals surface area contributed by atoms with Crippen molar-refractivity contribution in [3.8, 4) is 11.1 Å². The summed E-state index contributed by atoms with van der Waals surface area (Å²) < 4.78 is 0. The SMILES string of the molecule is CN(C)c1ccc(-c2ccc3c(c2)CNCC3)cc1. The van der Waals surface area contributed by atoms with Crippen LogP contribution >= 0.6 is 0 Å². The van der Waals surface area contributed by atoms with E-state index in [1.165, 1.54) is 27.9 Å². The van der Waals surface area contributed by atoms with E-state index in [2.05, 4.69) is 66.8 Å². The normalized spacial score (nSPS) is 14.0. The maximum Gasteiger partial charge on any atom is 0.0361 e. The van der Waals surface area contributed by atoms with Crippen molar-refractivity contribution >= 4 is 5.69 Å². The molecule has 98 valence electrons. The number of hydrogen-bond donors (Lipinski definition) is 1. The van der Waals surface area contributed by atoms with Crippen LogP contribution in [0.4, 0.5) is 5.69 Å². The van der Waals surface area contributed by atoms with Crippen molar-refractivity contribution in [2.75, 3.05) is 25.5 Å². The molecular weight excluding hydrogens is 232 g/mol. The van der Waals surface area contributed by atoms with Gasteiger partial charge in [-0.2, -0.15) is 0 Å². The first kappa shape index (κ1) is 12.2. The number of nitrogens with zero attached hydrogens (tertiary/aromatic N) is 1. The quantitative estimate of drug-likeness (QED) is 0.883. The molecule has 2 nitrogen and oxygen atoms in total. The van der Waals surface area contributed by atoms with Gasteiger partial charge in [-0.05, 0) is 53.4 Å². The van der Waals surface area contributed by atoms with Crippen molar-refractivity contribution in [2.24, 2.45) is 0 Å². The Morgan fingerprint density at radius 2 is 1.63 bits per heavy atom. The predicted molar refractivity (Wildman–Crippen MR) is 81.6 cm³/mol. The fourth-order valence-electron chi connectivity index (χ4n) is 2.61. The van der Waals surface area contributed by atoms with Crippen LogP contribution in [0.5, 0.6) is 0 Å². The molecule has 0 radical (unpaired) electrons. The molecule has 0 unspecified atom stereocenters. The lowest BCUT2D eigenvalue weighted by Crippen LogP contribution is -2.23. The zero-order valence-corrected chi connectivity index (χ0v) is 11.6. The Hall–Kier alpha value is -1.80. The van der Waals surface area contributed by atoms with Gasteiger partial charge in [-0.25, -0.2) is 0 Å². The van der Waals surface area contributed by atoms with Crippen LogP contribution in [0, 0.1) is 0 Å². The second-order valence-corrected chi connectivity index (χ2v) is 5.35. The smallest absolute Gasteiger partial charge is 0.0361 e. The molecule has 19 heavy (non-hydrogen) atoms. The lowest BCUT2D eigenvalue weighted by Gasteiger charge is -2.18. The minimum atomic E-state index is 0.999. The highest BCUT2D eigenvalue weighted by Gasteiger charge is 2.09. The molecule has 1 N–H and O–H groups in total. The number of rotatable bonds is 2. The van der Waals surface area contributed by atoms with Crippen molar-refractivity contribution in [1.82, 2.24) is 5.32 Å². The van der Waals surface area contributed by atoms with Gasteiger partial charge < -0.3 is 10.2 Å². The third kappa shape index (κ3) is 2.49. The number of hydrogen-bond acceptors (Lipinski definition) is 2. The Balaban J connectivity index is 1.93. The average Bonchev–Trinajstić information content (AvgIpc) is 2.47. The summed E-state index contributed by atoms with van der Waals surface area (Å²) >= 11 is 0. The van der Waals surface area contributed by atoms with E-state index in [9.17, 15) is 0 Å². The summed E-state index contributed by atoms with van der Waals surface area (Å²) in [7, 11) is 4.14. The summed E-state index contributed by atoms with van der Waals surface area (Å²) in [6.07, 6.45) is 1.15. The maximum atomic E-state index is 3.44. The van der Waals surface area contributed by atoms with Crippen LogP contribution in [0.1, 0.15) is 11.1 Å². The van der Waals surface area contributed by atoms with Gasteiger partial charge in [-0.15, -0.1) is 0 Å². The summed E-state index contributed by atoms with van der Waals surface area (Å²) in [4.78, 5) is 2.13. The highest BCUT2D eigenvalue weighted by molar-refractivity contribution is 5.67. The standard InChI is InChI=1S/C17H20N2/c1-19(2)17-7-5-13(6-8-17)15-4-3-14-9-10-18-12-16(14)11-15/h3-8,11,18H,9-10,12H2,1-2H3. The van der Waals surface area contributed by atoms with Gasteiger partial charge in [-0.3, -0.25) is 0 Å². The molecule has 0 spiro atoms. The molecule has 2 heteroatoms. The van der Waals surface area contributed by atoms with E-state index in [0.717, 1.165) is 19.5 Å². The van der Waals surface area contributed by atoms with Crippen molar-refractivity contribution in [3.05, 3.63) is 53.6 Å². The Kier molecular flexibility index (Phi) is 3.26. The van der Waals surface area contributed by atoms with E-state index < -0.39 is 0 Å². The fraction of sp³-hybridized carbons (Fsp3) is 0.294. The third-order valence-corrected chi connectivity index (χ3v) is 3.81. The lowest BCUT2D eigenvalue weighted by atomic mass is 9.95. The summed E-state index contributed by atoms with van der Waals surface area (Å²) in [5, 5.41) is 3.44. The van der Waals surface area contributed by atoms with Gasteiger partial charge in [0.2, 0.25) is 0 Å². The molecule has 0 aliphatic carbocycles. The second-order valence-electron chi connectivity index (χ2n) is 5.35. The molecule has 0 atom stereocenters. The topological polar surface area (TPSA) is 15.3 Å². The van der Waals surface area contributed by atoms with Crippen LogP contribution in [-0.2, 0) is 13.0 Å². The molecule has 0 bridgehead atoms. The molecule has 1 aliphatic heterocycles. The van der Waals surface area contributed by atoms with Crippen molar-refractivity contribution in [2.45, 2.75) is 13.0 Å². The second kappa shape index (κ2) is 5.06. The Morgan fingerprint density at radius 3 is 2.37 bits per heavy atom. The van der Waals surface area contributed by atoms with E-state index in [-0.39, 0.29) is 0 Å². The molecule has 1 aliphatic rings. The first-order valence-electron chi connectivity index (χ1n) is 6.84. The van der Waals surface area contributed by atoms with Crippen molar-refractivity contribution < 1.29 is 0 Å². The molecule has 0 aromatic heterocycles. The van der Waals surface area contributed by atoms with Gasteiger partial charge >= 0.3 is 0 Å². The van der Waals surface area contributed by atoms with Crippen LogP contribution < -0.4 is 10.2 Å². The monoisotopic (exact) mass is 252 g/mol. The van der Waals surface area contributed by atoms with E-state index in [4.69, 9.17) is 0 Å². The predicted octanol–water partition coefficient (Wildman–Crippen LogP) is 3.07. The molecule has 0 saturated heterocycles. The Labute approximate surface area is 115 Å². The zero-order valence-electron chi connectivity index (χ0n) is 11.6. The van der Waals surface area contributed by atoms with Crippen molar-refractivity contribution in [1.29, 1.82) is 0 Å². The van der Waals surface area contributed by atoms with Gasteiger partial charge in [-0.1, -0.05) is 24.3 Å². The van der Waals surface area contributed by atoms with Gasteiger partial charge in [0.1, 0.15) is 0 Å². The zero-order chi connectivity index (χ0) is 13.2. The summed E-state index contributed by atoms with van der Waals surface area (Å²) in [5.41, 5.74) is 6.78. The summed E-state index contributed by atoms with van der Waals surface area (Å²) in [6, 6.07) is 15.6. The number of benzene rings is 2. The van der Waals surface area contributed by atoms with Gasteiger partial charge in [0.25, 0.3) is 0 Å². The lowest BCUT2D eigenvalue weighted by molar-refractivity contribution is 0.644. The molecule has 2 aromatic rings. The first-order chi connectivity index (χ1) is 9.24. The van der Waals surface area contributed by atoms with Crippen LogP contribution in [0.3, 0.4) is 0 Å². The largest absolute Gasteiger partial charge is 0.378 e. The van der Waals surface area contributed by atoms with Crippen molar-refractivity contribution in [3.63, 3.8) is 0 Å². The fourth-order valence-corrected chi connectivity index (χ4v) is 2.61. The average molecular weight is 252 g/mol. The maximum absolute atomic E-state index is 3.44. The summed E-state index contributed by atoms with van der Waals surface area (Å²) in [6.45, 7) is 2.10. The number of fused-ring (bicyclic) bond motifs is 1. The van der Waals surface area contributed by atoms with Crippen LogP contribution in [0.2, 0.25) is 0 Å². The number of anilines is 1. The van der Waals surface area contributed by atoms with Crippen LogP contribution in [-0.4, -0.2) is 20.6 Å². The van der Waals surface area contributed by atoms with Crippen LogP contribution in [0.25, 0.3) is 11.1 Å². The van der Waals surface area contributed by atoms with Gasteiger partial charge in [0.05, 0.1) is 0 Å². The summed E-state index contributed by atoms with van der Waals surface area (Å²) in [5.74, 6) is 0. The number of nitrogens with one attached hydrogen (secondary N) is 1. The van der Waals surface area contributed by atoms with E-state index in [1.807, 2.05) is 0 Å². The van der Waals surface area contributed by atoms with E-state index in [0.29, 0.717) is 0 Å². The molecule has 0 amide bonds. The molecule has 0 fully saturated rings. The minimum absolute atomic E-state index is 0.999. The van der Waals surface area contributed by atoms with E-state index in [1.54, 1.807) is 0 Å². The third-order valence-electron chi connectivity index (χ3n) is 3.81. The first-order valence-corrected chi connectivity index (χ1v) is 6.84.